The second-order valence-electron chi connectivity index (χ2n) is 9.45. The minimum absolute atomic E-state index is 0.0777. The van der Waals surface area contributed by atoms with E-state index >= 15 is 0 Å². The summed E-state index contributed by atoms with van der Waals surface area (Å²) in [7, 11) is 1.55. The molecule has 2 rings (SSSR count). The van der Waals surface area contributed by atoms with Crippen molar-refractivity contribution in [2.75, 3.05) is 20.4 Å². The van der Waals surface area contributed by atoms with Gasteiger partial charge >= 0.3 is 0 Å². The summed E-state index contributed by atoms with van der Waals surface area (Å²) in [5.41, 5.74) is 3.00. The molecule has 0 aliphatic heterocycles. The highest BCUT2D eigenvalue weighted by Crippen LogP contribution is 2.46. The topological polar surface area (TPSA) is 74.1 Å². The number of aliphatic hydroxyl groups excluding tert-OH is 1. The fourth-order valence-corrected chi connectivity index (χ4v) is 5.23. The van der Waals surface area contributed by atoms with Gasteiger partial charge in [-0.05, 0) is 62.5 Å². The molecule has 184 valence electrons. The summed E-state index contributed by atoms with van der Waals surface area (Å²) in [6.07, 6.45) is 11.0. The van der Waals surface area contributed by atoms with Gasteiger partial charge < -0.3 is 20.3 Å². The zero-order valence-corrected chi connectivity index (χ0v) is 22.0. The molecule has 6 heteroatoms. The number of rotatable bonds is 9. The van der Waals surface area contributed by atoms with E-state index in [0.717, 1.165) is 12.1 Å². The van der Waals surface area contributed by atoms with Crippen LogP contribution in [0.15, 0.2) is 28.8 Å². The molecule has 1 unspecified atom stereocenters. The summed E-state index contributed by atoms with van der Waals surface area (Å²) in [5.74, 6) is 1.70. The number of hydrogen-bond acceptors (Lipinski definition) is 5. The van der Waals surface area contributed by atoms with Gasteiger partial charge in [-0.25, -0.2) is 0 Å². The largest absolute Gasteiger partial charge is 0.507 e. The average molecular weight is 477 g/mol. The number of halogens is 1. The summed E-state index contributed by atoms with van der Waals surface area (Å²) in [6.45, 7) is 13.8. The van der Waals surface area contributed by atoms with Gasteiger partial charge in [0.2, 0.25) is 0 Å². The second-order valence-corrected chi connectivity index (χ2v) is 9.83. The van der Waals surface area contributed by atoms with E-state index in [0.29, 0.717) is 51.8 Å². The van der Waals surface area contributed by atoms with Gasteiger partial charge in [0.25, 0.3) is 0 Å². The van der Waals surface area contributed by atoms with Crippen LogP contribution in [0.4, 0.5) is 0 Å². The zero-order chi connectivity index (χ0) is 24.8. The summed E-state index contributed by atoms with van der Waals surface area (Å²) < 4.78 is 5.52. The van der Waals surface area contributed by atoms with Crippen LogP contribution in [-0.2, 0) is 6.42 Å². The van der Waals surface area contributed by atoms with Gasteiger partial charge in [-0.15, -0.1) is 0 Å². The lowest BCUT2D eigenvalue weighted by atomic mass is 9.60. The van der Waals surface area contributed by atoms with Crippen molar-refractivity contribution in [2.45, 2.75) is 66.8 Å². The predicted molar refractivity (Wildman–Crippen MR) is 139 cm³/mol. The Balaban J connectivity index is 2.33. The van der Waals surface area contributed by atoms with E-state index in [4.69, 9.17) is 21.4 Å². The molecule has 3 N–H and O–H groups in total. The van der Waals surface area contributed by atoms with Crippen LogP contribution in [0.5, 0.6) is 11.5 Å². The Bertz CT molecular complexity index is 909. The van der Waals surface area contributed by atoms with Crippen LogP contribution in [0.2, 0.25) is 5.02 Å². The molecular formula is C27H41ClN2O3. The Hall–Kier alpha value is -1.82. The van der Waals surface area contributed by atoms with Gasteiger partial charge in [0, 0.05) is 23.4 Å². The number of nitrogens with zero attached hydrogens (tertiary/aromatic N) is 1. The van der Waals surface area contributed by atoms with Crippen LogP contribution in [0.25, 0.3) is 0 Å². The van der Waals surface area contributed by atoms with E-state index in [1.807, 2.05) is 0 Å². The average Bonchev–Trinajstić information content (AvgIpc) is 2.79. The van der Waals surface area contributed by atoms with Crippen molar-refractivity contribution in [3.63, 3.8) is 0 Å². The Morgan fingerprint density at radius 3 is 2.64 bits per heavy atom. The van der Waals surface area contributed by atoms with Crippen molar-refractivity contribution < 1.29 is 14.9 Å². The summed E-state index contributed by atoms with van der Waals surface area (Å²) in [4.78, 5) is 3.86. The summed E-state index contributed by atoms with van der Waals surface area (Å²) in [6, 6.07) is 0.542. The number of benzene rings is 1. The lowest BCUT2D eigenvalue weighted by Gasteiger charge is -2.47. The molecule has 1 fully saturated rings. The molecule has 1 aliphatic carbocycles. The van der Waals surface area contributed by atoms with E-state index in [2.05, 4.69) is 63.2 Å². The van der Waals surface area contributed by atoms with Crippen LogP contribution in [0, 0.1) is 24.2 Å². The molecule has 4 atom stereocenters. The standard InChI is InChI=1S/C27H41ClN2O3/c1-8-30-23-12-10-18(3)27(6,20(23)5)14-13-17(2)9-11-21-25(32)22(15-29-16-31)19(4)24(28)26(21)33-7/h9,13-15,18,20,23,30-32H,8,10-12,16H2,1-7H3/b14-13+,17-9+,29-15+/t18-,20+,23?,27+/m1/s1. The molecule has 1 aliphatic rings. The van der Waals surface area contributed by atoms with Crippen LogP contribution >= 0.6 is 11.6 Å². The number of ether oxygens (including phenoxy) is 1. The number of allylic oxidation sites excluding steroid dienone is 4. The van der Waals surface area contributed by atoms with E-state index in [1.54, 1.807) is 14.0 Å². The lowest BCUT2D eigenvalue weighted by Crippen LogP contribution is -2.48. The quantitative estimate of drug-likeness (QED) is 0.310. The van der Waals surface area contributed by atoms with E-state index in [1.165, 1.54) is 19.1 Å². The predicted octanol–water partition coefficient (Wildman–Crippen LogP) is 5.83. The number of methoxy groups -OCH3 is 1. The number of nitrogens with one attached hydrogen (secondary N) is 1. The van der Waals surface area contributed by atoms with Gasteiger partial charge in [0.05, 0.1) is 12.1 Å². The Labute approximate surface area is 204 Å². The van der Waals surface area contributed by atoms with E-state index in [-0.39, 0.29) is 17.9 Å². The third-order valence-electron chi connectivity index (χ3n) is 7.61. The molecule has 0 radical (unpaired) electrons. The normalized spacial score (nSPS) is 26.5. The fraction of sp³-hybridized carbons (Fsp3) is 0.593. The van der Waals surface area contributed by atoms with Crippen LogP contribution < -0.4 is 10.1 Å². The SMILES string of the molecule is CCNC1CC[C@@H](C)[C@](C)(/C=C/C(C)=C/Cc2c(O)c(/C=N/CO)c(C)c(Cl)c2OC)[C@H]1C. The molecule has 0 bridgehead atoms. The highest BCUT2D eigenvalue weighted by Gasteiger charge is 2.42. The molecule has 0 aromatic heterocycles. The van der Waals surface area contributed by atoms with E-state index in [9.17, 15) is 5.11 Å². The third-order valence-corrected chi connectivity index (χ3v) is 8.07. The van der Waals surface area contributed by atoms with Crippen LogP contribution in [0.1, 0.15) is 64.2 Å². The van der Waals surface area contributed by atoms with Gasteiger partial charge in [0.15, 0.2) is 0 Å². The summed E-state index contributed by atoms with van der Waals surface area (Å²) in [5, 5.41) is 24.0. The molecular weight excluding hydrogens is 436 g/mol. The molecule has 1 saturated carbocycles. The summed E-state index contributed by atoms with van der Waals surface area (Å²) >= 11 is 6.52. The molecule has 33 heavy (non-hydrogen) atoms. The first-order valence-corrected chi connectivity index (χ1v) is 12.3. The van der Waals surface area contributed by atoms with Crippen molar-refractivity contribution in [1.82, 2.24) is 5.32 Å². The van der Waals surface area contributed by atoms with Crippen molar-refractivity contribution in [2.24, 2.45) is 22.2 Å². The van der Waals surface area contributed by atoms with Gasteiger partial charge in [0.1, 0.15) is 18.2 Å². The number of aliphatic hydroxyl groups is 1. The number of hydrogen-bond donors (Lipinski definition) is 3. The van der Waals surface area contributed by atoms with Gasteiger partial charge in [-0.2, -0.15) is 0 Å². The first-order valence-electron chi connectivity index (χ1n) is 11.9. The lowest BCUT2D eigenvalue weighted by molar-refractivity contribution is 0.0802. The molecule has 0 spiro atoms. The Morgan fingerprint density at radius 1 is 1.33 bits per heavy atom. The van der Waals surface area contributed by atoms with Gasteiger partial charge in [-0.3, -0.25) is 4.99 Å². The van der Waals surface area contributed by atoms with Crippen molar-refractivity contribution in [1.29, 1.82) is 0 Å². The van der Waals surface area contributed by atoms with Crippen molar-refractivity contribution in [3.8, 4) is 11.5 Å². The van der Waals surface area contributed by atoms with Crippen molar-refractivity contribution >= 4 is 17.8 Å². The van der Waals surface area contributed by atoms with Gasteiger partial charge in [-0.1, -0.05) is 63.1 Å². The Morgan fingerprint density at radius 2 is 2.03 bits per heavy atom. The minimum Gasteiger partial charge on any atom is -0.507 e. The highest BCUT2D eigenvalue weighted by atomic mass is 35.5. The van der Waals surface area contributed by atoms with E-state index < -0.39 is 0 Å². The number of aromatic hydroxyl groups is 1. The first kappa shape index (κ1) is 27.4. The molecule has 0 heterocycles. The van der Waals surface area contributed by atoms with Crippen LogP contribution in [0.3, 0.4) is 0 Å². The maximum atomic E-state index is 10.9. The maximum absolute atomic E-state index is 10.9. The smallest absolute Gasteiger partial charge is 0.144 e. The monoisotopic (exact) mass is 476 g/mol. The zero-order valence-electron chi connectivity index (χ0n) is 21.2. The maximum Gasteiger partial charge on any atom is 0.144 e. The molecule has 5 nitrogen and oxygen atoms in total. The Kier molecular flexibility index (Phi) is 10.0. The third kappa shape index (κ3) is 6.00. The minimum atomic E-state index is -0.355. The molecule has 0 amide bonds. The molecule has 0 saturated heterocycles. The highest BCUT2D eigenvalue weighted by molar-refractivity contribution is 6.33. The second kappa shape index (κ2) is 12.0. The van der Waals surface area contributed by atoms with Crippen LogP contribution in [-0.4, -0.2) is 42.9 Å². The number of aliphatic imine (C=N–C) groups is 1. The molecule has 1 aromatic rings. The molecule has 1 aromatic carbocycles. The number of phenols is 1. The first-order chi connectivity index (χ1) is 15.6. The number of phenolic OH excluding ortho intramolecular Hbond substituents is 1. The van der Waals surface area contributed by atoms with Crippen molar-refractivity contribution in [3.05, 3.63) is 45.5 Å². The fourth-order valence-electron chi connectivity index (χ4n) is 4.93.